The van der Waals surface area contributed by atoms with E-state index in [1.165, 1.54) is 0 Å². The summed E-state index contributed by atoms with van der Waals surface area (Å²) in [6, 6.07) is 6.08. The highest BCUT2D eigenvalue weighted by atomic mass is 127. The standard InChI is InChI=1S/C12H15IN4/c1-16-6-5-15-12(16)8-17(2)11-4-3-9(13)7-10(11)14/h3-7H,8,14H2,1-2H3. The van der Waals surface area contributed by atoms with E-state index in [1.807, 2.05) is 37.0 Å². The number of hydrogen-bond donors (Lipinski definition) is 1. The fraction of sp³-hybridized carbons (Fsp3) is 0.250. The van der Waals surface area contributed by atoms with Crippen molar-refractivity contribution in [1.82, 2.24) is 9.55 Å². The molecule has 0 aliphatic heterocycles. The summed E-state index contributed by atoms with van der Waals surface area (Å²) >= 11 is 2.26. The average Bonchev–Trinajstić information content (AvgIpc) is 2.64. The molecular formula is C12H15IN4. The first-order valence-corrected chi connectivity index (χ1v) is 6.38. The molecular weight excluding hydrogens is 327 g/mol. The zero-order valence-corrected chi connectivity index (χ0v) is 12.0. The number of anilines is 2. The lowest BCUT2D eigenvalue weighted by Crippen LogP contribution is -2.20. The second-order valence-corrected chi connectivity index (χ2v) is 5.26. The van der Waals surface area contributed by atoms with Crippen molar-refractivity contribution in [3.8, 4) is 0 Å². The van der Waals surface area contributed by atoms with Gasteiger partial charge in [0.25, 0.3) is 0 Å². The summed E-state index contributed by atoms with van der Waals surface area (Å²) in [4.78, 5) is 6.41. The molecule has 0 bridgehead atoms. The molecule has 5 heteroatoms. The van der Waals surface area contributed by atoms with Crippen molar-refractivity contribution >= 4 is 34.0 Å². The highest BCUT2D eigenvalue weighted by Gasteiger charge is 2.08. The molecule has 0 saturated carbocycles. The molecule has 0 fully saturated rings. The van der Waals surface area contributed by atoms with Crippen LogP contribution in [0.4, 0.5) is 11.4 Å². The maximum atomic E-state index is 6.02. The third-order valence-corrected chi connectivity index (χ3v) is 3.37. The highest BCUT2D eigenvalue weighted by molar-refractivity contribution is 14.1. The van der Waals surface area contributed by atoms with Crippen molar-refractivity contribution in [3.63, 3.8) is 0 Å². The molecule has 1 aromatic carbocycles. The van der Waals surface area contributed by atoms with Crippen molar-refractivity contribution in [2.75, 3.05) is 17.7 Å². The van der Waals surface area contributed by atoms with E-state index in [-0.39, 0.29) is 0 Å². The number of rotatable bonds is 3. The first-order valence-electron chi connectivity index (χ1n) is 5.30. The molecule has 0 spiro atoms. The lowest BCUT2D eigenvalue weighted by Gasteiger charge is -2.20. The summed E-state index contributed by atoms with van der Waals surface area (Å²) in [6.45, 7) is 0.744. The van der Waals surface area contributed by atoms with Gasteiger partial charge >= 0.3 is 0 Å². The van der Waals surface area contributed by atoms with Crippen LogP contribution in [0.1, 0.15) is 5.82 Å². The quantitative estimate of drug-likeness (QED) is 0.688. The molecule has 0 atom stereocenters. The number of hydrogen-bond acceptors (Lipinski definition) is 3. The highest BCUT2D eigenvalue weighted by Crippen LogP contribution is 2.25. The Hall–Kier alpha value is -1.24. The number of nitrogens with two attached hydrogens (primary N) is 1. The maximum absolute atomic E-state index is 6.02. The van der Waals surface area contributed by atoms with E-state index >= 15 is 0 Å². The van der Waals surface area contributed by atoms with Crippen molar-refractivity contribution < 1.29 is 0 Å². The van der Waals surface area contributed by atoms with Crippen LogP contribution >= 0.6 is 22.6 Å². The minimum Gasteiger partial charge on any atom is -0.397 e. The topological polar surface area (TPSA) is 47.1 Å². The molecule has 2 N–H and O–H groups in total. The van der Waals surface area contributed by atoms with Gasteiger partial charge in [0, 0.05) is 30.1 Å². The van der Waals surface area contributed by atoms with E-state index in [0.717, 1.165) is 27.3 Å². The van der Waals surface area contributed by atoms with Crippen LogP contribution in [-0.2, 0) is 13.6 Å². The van der Waals surface area contributed by atoms with Crippen LogP contribution in [0.25, 0.3) is 0 Å². The summed E-state index contributed by atoms with van der Waals surface area (Å²) in [5.74, 6) is 1.02. The van der Waals surface area contributed by atoms with Crippen molar-refractivity contribution in [2.24, 2.45) is 7.05 Å². The van der Waals surface area contributed by atoms with Gasteiger partial charge in [-0.2, -0.15) is 0 Å². The van der Waals surface area contributed by atoms with Gasteiger partial charge in [0.15, 0.2) is 0 Å². The van der Waals surface area contributed by atoms with E-state index in [2.05, 4.69) is 38.5 Å². The van der Waals surface area contributed by atoms with E-state index in [4.69, 9.17) is 5.73 Å². The Bertz CT molecular complexity index is 521. The van der Waals surface area contributed by atoms with Crippen LogP contribution in [0.5, 0.6) is 0 Å². The predicted octanol–water partition coefficient (Wildman–Crippen LogP) is 2.24. The minimum absolute atomic E-state index is 0.744. The molecule has 0 radical (unpaired) electrons. The SMILES string of the molecule is CN(Cc1nccn1C)c1ccc(I)cc1N. The molecule has 0 unspecified atom stereocenters. The van der Waals surface area contributed by atoms with Gasteiger partial charge < -0.3 is 15.2 Å². The number of aryl methyl sites for hydroxylation is 1. The van der Waals surface area contributed by atoms with E-state index in [9.17, 15) is 0 Å². The lowest BCUT2D eigenvalue weighted by atomic mass is 10.2. The van der Waals surface area contributed by atoms with Crippen molar-refractivity contribution in [2.45, 2.75) is 6.54 Å². The lowest BCUT2D eigenvalue weighted by molar-refractivity contribution is 0.762. The third kappa shape index (κ3) is 2.71. The molecule has 17 heavy (non-hydrogen) atoms. The average molecular weight is 342 g/mol. The fourth-order valence-electron chi connectivity index (χ4n) is 1.72. The Labute approximate surface area is 115 Å². The number of imidazole rings is 1. The van der Waals surface area contributed by atoms with Gasteiger partial charge in [-0.05, 0) is 40.8 Å². The molecule has 0 aliphatic rings. The smallest absolute Gasteiger partial charge is 0.127 e. The summed E-state index contributed by atoms with van der Waals surface area (Å²) in [5.41, 5.74) is 7.85. The van der Waals surface area contributed by atoms with Crippen LogP contribution in [0.3, 0.4) is 0 Å². The first kappa shape index (κ1) is 12.2. The number of halogens is 1. The molecule has 0 amide bonds. The van der Waals surface area contributed by atoms with E-state index in [1.54, 1.807) is 6.20 Å². The number of benzene rings is 1. The van der Waals surface area contributed by atoms with Crippen LogP contribution in [0, 0.1) is 3.57 Å². The van der Waals surface area contributed by atoms with E-state index in [0.29, 0.717) is 0 Å². The van der Waals surface area contributed by atoms with Gasteiger partial charge in [-0.3, -0.25) is 0 Å². The van der Waals surface area contributed by atoms with Gasteiger partial charge in [-0.25, -0.2) is 4.98 Å². The molecule has 0 saturated heterocycles. The number of aromatic nitrogens is 2. The summed E-state index contributed by atoms with van der Waals surface area (Å²) in [5, 5.41) is 0. The van der Waals surface area contributed by atoms with Crippen molar-refractivity contribution in [3.05, 3.63) is 40.0 Å². The van der Waals surface area contributed by atoms with Crippen LogP contribution < -0.4 is 10.6 Å². The largest absolute Gasteiger partial charge is 0.397 e. The summed E-state index contributed by atoms with van der Waals surface area (Å²) < 4.78 is 3.16. The Balaban J connectivity index is 2.20. The van der Waals surface area contributed by atoms with Crippen LogP contribution in [-0.4, -0.2) is 16.6 Å². The Kier molecular flexibility index (Phi) is 3.56. The van der Waals surface area contributed by atoms with Crippen LogP contribution in [0.2, 0.25) is 0 Å². The molecule has 4 nitrogen and oxygen atoms in total. The Morgan fingerprint density at radius 3 is 2.82 bits per heavy atom. The summed E-state index contributed by atoms with van der Waals surface area (Å²) in [6.07, 6.45) is 3.75. The predicted molar refractivity (Wildman–Crippen MR) is 78.9 cm³/mol. The van der Waals surface area contributed by atoms with E-state index < -0.39 is 0 Å². The third-order valence-electron chi connectivity index (χ3n) is 2.70. The molecule has 2 rings (SSSR count). The molecule has 90 valence electrons. The second-order valence-electron chi connectivity index (χ2n) is 4.01. The Morgan fingerprint density at radius 1 is 1.47 bits per heavy atom. The van der Waals surface area contributed by atoms with Gasteiger partial charge in [0.1, 0.15) is 5.82 Å². The first-order chi connectivity index (χ1) is 8.08. The normalized spacial score (nSPS) is 10.5. The molecule has 2 aromatic rings. The van der Waals surface area contributed by atoms with Gasteiger partial charge in [-0.15, -0.1) is 0 Å². The van der Waals surface area contributed by atoms with Gasteiger partial charge in [0.2, 0.25) is 0 Å². The van der Waals surface area contributed by atoms with Gasteiger partial charge in [0.05, 0.1) is 17.9 Å². The molecule has 1 aromatic heterocycles. The second kappa shape index (κ2) is 4.95. The fourth-order valence-corrected chi connectivity index (χ4v) is 2.23. The van der Waals surface area contributed by atoms with Crippen molar-refractivity contribution in [1.29, 1.82) is 0 Å². The monoisotopic (exact) mass is 342 g/mol. The maximum Gasteiger partial charge on any atom is 0.127 e. The molecule has 0 aliphatic carbocycles. The minimum atomic E-state index is 0.744. The zero-order valence-electron chi connectivity index (χ0n) is 9.89. The summed E-state index contributed by atoms with van der Waals surface area (Å²) in [7, 11) is 4.01. The van der Waals surface area contributed by atoms with Gasteiger partial charge in [-0.1, -0.05) is 0 Å². The number of nitrogen functional groups attached to an aromatic ring is 1. The zero-order chi connectivity index (χ0) is 12.4. The van der Waals surface area contributed by atoms with Crippen LogP contribution in [0.15, 0.2) is 30.6 Å². The molecule has 1 heterocycles. The number of nitrogens with zero attached hydrogens (tertiary/aromatic N) is 3. The Morgan fingerprint density at radius 2 is 2.24 bits per heavy atom.